The van der Waals surface area contributed by atoms with Crippen molar-refractivity contribution in [1.82, 2.24) is 9.55 Å². The molecule has 0 spiro atoms. The third kappa shape index (κ3) is 3.52. The summed E-state index contributed by atoms with van der Waals surface area (Å²) in [6.07, 6.45) is 4.31. The predicted octanol–water partition coefficient (Wildman–Crippen LogP) is 3.38. The summed E-state index contributed by atoms with van der Waals surface area (Å²) in [4.78, 5) is 31.9. The average molecular weight is 359 g/mol. The highest BCUT2D eigenvalue weighted by Gasteiger charge is 2.11. The number of thiophene rings is 1. The van der Waals surface area contributed by atoms with E-state index >= 15 is 0 Å². The normalized spacial score (nSPS) is 10.9. The van der Waals surface area contributed by atoms with Crippen molar-refractivity contribution in [3.05, 3.63) is 51.9 Å². The van der Waals surface area contributed by atoms with Gasteiger partial charge in [0.05, 0.1) is 11.7 Å². The van der Waals surface area contributed by atoms with Gasteiger partial charge in [0, 0.05) is 15.5 Å². The highest BCUT2D eigenvalue weighted by molar-refractivity contribution is 7.98. The zero-order valence-corrected chi connectivity index (χ0v) is 15.0. The lowest BCUT2D eigenvalue weighted by Crippen LogP contribution is -2.27. The van der Waals surface area contributed by atoms with Crippen molar-refractivity contribution in [3.63, 3.8) is 0 Å². The number of aromatic nitrogens is 2. The number of anilines is 1. The number of benzene rings is 1. The van der Waals surface area contributed by atoms with Crippen LogP contribution in [0.4, 0.5) is 5.69 Å². The zero-order valence-electron chi connectivity index (χ0n) is 13.4. The second kappa shape index (κ2) is 7.19. The number of nitrogens with zero attached hydrogens (tertiary/aromatic N) is 2. The molecule has 0 aliphatic rings. The van der Waals surface area contributed by atoms with Gasteiger partial charge in [-0.1, -0.05) is 6.92 Å². The number of carbonyl (C=O) groups is 1. The smallest absolute Gasteiger partial charge is 0.262 e. The Balaban J connectivity index is 1.77. The van der Waals surface area contributed by atoms with Crippen LogP contribution < -0.4 is 10.9 Å². The number of fused-ring (bicyclic) bond motifs is 1. The summed E-state index contributed by atoms with van der Waals surface area (Å²) >= 11 is 3.16. The van der Waals surface area contributed by atoms with E-state index in [4.69, 9.17) is 0 Å². The molecular weight excluding hydrogens is 342 g/mol. The molecule has 3 aromatic rings. The van der Waals surface area contributed by atoms with Gasteiger partial charge < -0.3 is 5.32 Å². The van der Waals surface area contributed by atoms with Gasteiger partial charge in [0.25, 0.3) is 5.56 Å². The largest absolute Gasteiger partial charge is 0.325 e. The predicted molar refractivity (Wildman–Crippen MR) is 100 cm³/mol. The Morgan fingerprint density at radius 1 is 1.33 bits per heavy atom. The van der Waals surface area contributed by atoms with Gasteiger partial charge in [-0.15, -0.1) is 23.1 Å². The van der Waals surface area contributed by atoms with Crippen molar-refractivity contribution in [2.75, 3.05) is 11.6 Å². The number of hydrogen-bond donors (Lipinski definition) is 1. The molecule has 5 nitrogen and oxygen atoms in total. The van der Waals surface area contributed by atoms with E-state index in [1.54, 1.807) is 11.8 Å². The van der Waals surface area contributed by atoms with E-state index < -0.39 is 0 Å². The van der Waals surface area contributed by atoms with Crippen LogP contribution >= 0.6 is 23.1 Å². The molecule has 0 aliphatic heterocycles. The number of nitrogens with one attached hydrogen (secondary N) is 1. The molecule has 1 N–H and O–H groups in total. The number of aryl methyl sites for hydroxylation is 1. The summed E-state index contributed by atoms with van der Waals surface area (Å²) in [5, 5.41) is 3.38. The van der Waals surface area contributed by atoms with E-state index in [-0.39, 0.29) is 18.0 Å². The lowest BCUT2D eigenvalue weighted by atomic mass is 10.3. The van der Waals surface area contributed by atoms with E-state index in [0.29, 0.717) is 11.1 Å². The van der Waals surface area contributed by atoms with E-state index in [1.165, 1.54) is 22.2 Å². The van der Waals surface area contributed by atoms with E-state index in [0.717, 1.165) is 21.0 Å². The number of rotatable bonds is 5. The quantitative estimate of drug-likeness (QED) is 0.709. The van der Waals surface area contributed by atoms with Crippen molar-refractivity contribution in [1.29, 1.82) is 0 Å². The Morgan fingerprint density at radius 2 is 2.08 bits per heavy atom. The summed E-state index contributed by atoms with van der Waals surface area (Å²) < 4.78 is 1.35. The number of amides is 1. The van der Waals surface area contributed by atoms with Crippen LogP contribution in [0, 0.1) is 0 Å². The number of carbonyl (C=O) groups excluding carboxylic acids is 1. The van der Waals surface area contributed by atoms with Crippen LogP contribution in [-0.2, 0) is 17.8 Å². The first-order valence-corrected chi connectivity index (χ1v) is 9.56. The first-order valence-electron chi connectivity index (χ1n) is 7.52. The average Bonchev–Trinajstić information content (AvgIpc) is 3.02. The number of thioether (sulfide) groups is 1. The van der Waals surface area contributed by atoms with Crippen LogP contribution in [0.1, 0.15) is 11.8 Å². The zero-order chi connectivity index (χ0) is 17.1. The molecule has 0 saturated heterocycles. The molecule has 1 aromatic carbocycles. The van der Waals surface area contributed by atoms with Gasteiger partial charge in [0.2, 0.25) is 5.91 Å². The van der Waals surface area contributed by atoms with Gasteiger partial charge in [0.15, 0.2) is 0 Å². The molecule has 0 atom stereocenters. The molecule has 0 bridgehead atoms. The molecule has 2 heterocycles. The molecule has 1 amide bonds. The van der Waals surface area contributed by atoms with Crippen LogP contribution in [0.3, 0.4) is 0 Å². The highest BCUT2D eigenvalue weighted by atomic mass is 32.2. The minimum atomic E-state index is -0.249. The molecule has 0 aliphatic carbocycles. The molecule has 124 valence electrons. The maximum atomic E-state index is 12.5. The fraction of sp³-hybridized carbons (Fsp3) is 0.235. The van der Waals surface area contributed by atoms with E-state index in [9.17, 15) is 9.59 Å². The summed E-state index contributed by atoms with van der Waals surface area (Å²) in [5.41, 5.74) is 0.535. The lowest BCUT2D eigenvalue weighted by molar-refractivity contribution is -0.116. The van der Waals surface area contributed by atoms with Crippen LogP contribution in [0.25, 0.3) is 10.2 Å². The molecule has 0 saturated carbocycles. The monoisotopic (exact) mass is 359 g/mol. The fourth-order valence-corrected chi connectivity index (χ4v) is 3.66. The first-order chi connectivity index (χ1) is 11.6. The van der Waals surface area contributed by atoms with Gasteiger partial charge in [-0.25, -0.2) is 4.98 Å². The standard InChI is InChI=1S/C17H17N3O2S2/c1-3-12-8-14-16(24-12)18-10-20(17(14)22)9-15(21)19-11-4-6-13(23-2)7-5-11/h4-8,10H,3,9H2,1-2H3,(H,19,21). The minimum absolute atomic E-state index is 0.0522. The summed E-state index contributed by atoms with van der Waals surface area (Å²) in [7, 11) is 0. The van der Waals surface area contributed by atoms with Crippen LogP contribution in [0.15, 0.2) is 46.3 Å². The van der Waals surface area contributed by atoms with Gasteiger partial charge in [0.1, 0.15) is 11.4 Å². The van der Waals surface area contributed by atoms with E-state index in [2.05, 4.69) is 10.3 Å². The van der Waals surface area contributed by atoms with Crippen molar-refractivity contribution in [2.45, 2.75) is 24.8 Å². The second-order valence-corrected chi connectivity index (χ2v) is 7.23. The third-order valence-corrected chi connectivity index (χ3v) is 5.54. The Kier molecular flexibility index (Phi) is 5.01. The van der Waals surface area contributed by atoms with Gasteiger partial charge in [-0.2, -0.15) is 0 Å². The van der Waals surface area contributed by atoms with Crippen molar-refractivity contribution < 1.29 is 4.79 Å². The maximum absolute atomic E-state index is 12.5. The molecule has 24 heavy (non-hydrogen) atoms. The maximum Gasteiger partial charge on any atom is 0.262 e. The second-order valence-electron chi connectivity index (χ2n) is 5.24. The molecular formula is C17H17N3O2S2. The van der Waals surface area contributed by atoms with Crippen molar-refractivity contribution >= 4 is 44.9 Å². The molecule has 0 radical (unpaired) electrons. The fourth-order valence-electron chi connectivity index (χ4n) is 2.33. The summed E-state index contributed by atoms with van der Waals surface area (Å²) in [6.45, 7) is 1.99. The Labute approximate surface area is 147 Å². The van der Waals surface area contributed by atoms with Gasteiger partial charge >= 0.3 is 0 Å². The van der Waals surface area contributed by atoms with E-state index in [1.807, 2.05) is 43.5 Å². The van der Waals surface area contributed by atoms with Crippen LogP contribution in [0.2, 0.25) is 0 Å². The van der Waals surface area contributed by atoms with Crippen molar-refractivity contribution in [2.24, 2.45) is 0 Å². The SMILES string of the molecule is CCc1cc2c(=O)n(CC(=O)Nc3ccc(SC)cc3)cnc2s1. The third-order valence-electron chi connectivity index (χ3n) is 3.61. The summed E-state index contributed by atoms with van der Waals surface area (Å²) in [5.74, 6) is -0.249. The molecule has 2 aromatic heterocycles. The topological polar surface area (TPSA) is 64.0 Å². The van der Waals surface area contributed by atoms with Gasteiger partial charge in [-0.05, 0) is 43.0 Å². The summed E-state index contributed by atoms with van der Waals surface area (Å²) in [6, 6.07) is 9.45. The van der Waals surface area contributed by atoms with Crippen molar-refractivity contribution in [3.8, 4) is 0 Å². The minimum Gasteiger partial charge on any atom is -0.325 e. The molecule has 3 rings (SSSR count). The Bertz CT molecular complexity index is 929. The molecule has 0 fully saturated rings. The number of hydrogen-bond acceptors (Lipinski definition) is 5. The van der Waals surface area contributed by atoms with Crippen LogP contribution in [0.5, 0.6) is 0 Å². The van der Waals surface area contributed by atoms with Gasteiger partial charge in [-0.3, -0.25) is 14.2 Å². The molecule has 7 heteroatoms. The molecule has 0 unspecified atom stereocenters. The Hall–Kier alpha value is -2.12. The van der Waals surface area contributed by atoms with Crippen LogP contribution in [-0.4, -0.2) is 21.7 Å². The Morgan fingerprint density at radius 3 is 2.75 bits per heavy atom. The highest BCUT2D eigenvalue weighted by Crippen LogP contribution is 2.21. The lowest BCUT2D eigenvalue weighted by Gasteiger charge is -2.07. The first kappa shape index (κ1) is 16.7.